The van der Waals surface area contributed by atoms with E-state index in [4.69, 9.17) is 10.2 Å². The molecular weight excluding hydrogens is 313 g/mol. The molecule has 1 aliphatic rings. The Hall–Kier alpha value is -2.90. The van der Waals surface area contributed by atoms with Crippen molar-refractivity contribution >= 4 is 23.0 Å². The van der Waals surface area contributed by atoms with Crippen molar-refractivity contribution in [2.24, 2.45) is 18.7 Å². The number of nitrogens with zero attached hydrogens (tertiary/aromatic N) is 4. The van der Waals surface area contributed by atoms with Crippen LogP contribution in [0.2, 0.25) is 0 Å². The molecule has 1 aliphatic heterocycles. The maximum Gasteiger partial charge on any atom is 0.298 e. The molecule has 8 heteroatoms. The van der Waals surface area contributed by atoms with Gasteiger partial charge in [-0.2, -0.15) is 10.1 Å². The number of hydrogen-bond acceptors (Lipinski definition) is 5. The van der Waals surface area contributed by atoms with E-state index in [1.165, 1.54) is 12.1 Å². The molecule has 1 aromatic carbocycles. The normalized spacial score (nSPS) is 20.8. The van der Waals surface area contributed by atoms with Gasteiger partial charge >= 0.3 is 0 Å². The summed E-state index contributed by atoms with van der Waals surface area (Å²) >= 11 is 0. The number of rotatable bonds is 3. The van der Waals surface area contributed by atoms with Crippen LogP contribution in [0.15, 0.2) is 35.0 Å². The van der Waals surface area contributed by atoms with Crippen molar-refractivity contribution in [1.29, 1.82) is 0 Å². The quantitative estimate of drug-likeness (QED) is 0.784. The Morgan fingerprint density at radius 3 is 2.96 bits per heavy atom. The molecule has 0 unspecified atom stereocenters. The number of nitrogens with two attached hydrogens (primary N) is 1. The summed E-state index contributed by atoms with van der Waals surface area (Å²) in [5.74, 6) is -1.18. The fourth-order valence-electron chi connectivity index (χ4n) is 3.24. The van der Waals surface area contributed by atoms with Crippen molar-refractivity contribution in [1.82, 2.24) is 14.8 Å². The molecule has 0 spiro atoms. The minimum Gasteiger partial charge on any atom is -0.423 e. The van der Waals surface area contributed by atoms with E-state index < -0.39 is 0 Å². The summed E-state index contributed by atoms with van der Waals surface area (Å²) < 4.78 is 20.7. The maximum absolute atomic E-state index is 13.3. The van der Waals surface area contributed by atoms with Gasteiger partial charge in [-0.05, 0) is 17.7 Å². The van der Waals surface area contributed by atoms with Crippen LogP contribution >= 0.6 is 0 Å². The third-order valence-corrected chi connectivity index (χ3v) is 4.45. The van der Waals surface area contributed by atoms with E-state index in [1.54, 1.807) is 16.9 Å². The monoisotopic (exact) mass is 329 g/mol. The Labute approximate surface area is 136 Å². The summed E-state index contributed by atoms with van der Waals surface area (Å²) in [5, 5.41) is 4.16. The highest BCUT2D eigenvalue weighted by Crippen LogP contribution is 2.35. The van der Waals surface area contributed by atoms with E-state index in [2.05, 4.69) is 10.1 Å². The molecule has 0 radical (unpaired) electrons. The summed E-state index contributed by atoms with van der Waals surface area (Å²) in [4.78, 5) is 18.0. The number of aryl methyl sites for hydroxylation is 1. The lowest BCUT2D eigenvalue weighted by Crippen LogP contribution is -2.29. The third kappa shape index (κ3) is 2.40. The molecule has 2 aromatic heterocycles. The Morgan fingerprint density at radius 2 is 2.25 bits per heavy atom. The first-order chi connectivity index (χ1) is 11.5. The van der Waals surface area contributed by atoms with Crippen molar-refractivity contribution in [3.05, 3.63) is 42.0 Å². The molecule has 3 aromatic rings. The van der Waals surface area contributed by atoms with Gasteiger partial charge in [0.15, 0.2) is 5.58 Å². The Kier molecular flexibility index (Phi) is 3.26. The molecule has 3 heterocycles. The van der Waals surface area contributed by atoms with Gasteiger partial charge in [-0.3, -0.25) is 9.48 Å². The lowest BCUT2D eigenvalue weighted by atomic mass is 9.90. The van der Waals surface area contributed by atoms with Crippen LogP contribution in [0, 0.1) is 11.7 Å². The molecule has 0 saturated carbocycles. The highest BCUT2D eigenvalue weighted by Gasteiger charge is 2.39. The fraction of sp³-hybridized carbons (Fsp3) is 0.312. The second kappa shape index (κ2) is 5.33. The second-order valence-electron chi connectivity index (χ2n) is 6.08. The predicted octanol–water partition coefficient (Wildman–Crippen LogP) is 1.41. The number of halogens is 1. The van der Waals surface area contributed by atoms with Crippen LogP contribution in [0.25, 0.3) is 11.1 Å². The van der Waals surface area contributed by atoms with E-state index in [1.807, 2.05) is 18.1 Å². The number of benzene rings is 1. The van der Waals surface area contributed by atoms with E-state index in [0.29, 0.717) is 30.2 Å². The number of oxazole rings is 1. The van der Waals surface area contributed by atoms with Gasteiger partial charge in [0.25, 0.3) is 6.01 Å². The number of aromatic nitrogens is 3. The van der Waals surface area contributed by atoms with E-state index in [-0.39, 0.29) is 23.6 Å². The largest absolute Gasteiger partial charge is 0.423 e. The summed E-state index contributed by atoms with van der Waals surface area (Å²) in [6.07, 6.45) is 3.62. The molecule has 4 rings (SSSR count). The molecule has 7 nitrogen and oxygen atoms in total. The highest BCUT2D eigenvalue weighted by molar-refractivity contribution is 5.80. The first-order valence-corrected chi connectivity index (χ1v) is 7.60. The number of carbonyl (C=O) groups excluding carboxylic acids is 1. The molecule has 2 atom stereocenters. The van der Waals surface area contributed by atoms with Crippen molar-refractivity contribution in [3.63, 3.8) is 0 Å². The topological polar surface area (TPSA) is 90.2 Å². The number of hydrogen-bond donors (Lipinski definition) is 1. The van der Waals surface area contributed by atoms with Crippen LogP contribution in [0.5, 0.6) is 0 Å². The molecule has 1 saturated heterocycles. The van der Waals surface area contributed by atoms with Crippen LogP contribution in [0.4, 0.5) is 10.4 Å². The van der Waals surface area contributed by atoms with Crippen LogP contribution in [-0.4, -0.2) is 33.8 Å². The smallest absolute Gasteiger partial charge is 0.298 e. The number of amides is 1. The van der Waals surface area contributed by atoms with Crippen LogP contribution in [0.1, 0.15) is 11.5 Å². The Morgan fingerprint density at radius 1 is 1.42 bits per heavy atom. The summed E-state index contributed by atoms with van der Waals surface area (Å²) in [6.45, 7) is 0.943. The van der Waals surface area contributed by atoms with Crippen LogP contribution in [0.3, 0.4) is 0 Å². The van der Waals surface area contributed by atoms with E-state index in [9.17, 15) is 9.18 Å². The predicted molar refractivity (Wildman–Crippen MR) is 84.8 cm³/mol. The van der Waals surface area contributed by atoms with E-state index in [0.717, 1.165) is 5.56 Å². The molecule has 24 heavy (non-hydrogen) atoms. The maximum atomic E-state index is 13.3. The highest BCUT2D eigenvalue weighted by atomic mass is 19.1. The summed E-state index contributed by atoms with van der Waals surface area (Å²) in [7, 11) is 1.82. The number of primary amides is 1. The average molecular weight is 329 g/mol. The van der Waals surface area contributed by atoms with Crippen molar-refractivity contribution < 1.29 is 13.6 Å². The second-order valence-corrected chi connectivity index (χ2v) is 6.08. The van der Waals surface area contributed by atoms with Crippen LogP contribution < -0.4 is 10.6 Å². The third-order valence-electron chi connectivity index (χ3n) is 4.45. The average Bonchev–Trinajstić information content (AvgIpc) is 3.22. The van der Waals surface area contributed by atoms with Gasteiger partial charge in [0, 0.05) is 38.3 Å². The fourth-order valence-corrected chi connectivity index (χ4v) is 3.24. The van der Waals surface area contributed by atoms with Gasteiger partial charge in [0.2, 0.25) is 5.91 Å². The minimum absolute atomic E-state index is 0.0806. The summed E-state index contributed by atoms with van der Waals surface area (Å²) in [6, 6.07) is 4.56. The standard InChI is InChI=1S/C16H16FN5O2/c1-21-6-9(5-19-21)11-7-22(8-12(11)15(18)23)16-20-13-4-10(17)2-3-14(13)24-16/h2-6,11-12H,7-8H2,1H3,(H2,18,23)/t11-,12+/m1/s1. The molecule has 0 aliphatic carbocycles. The first-order valence-electron chi connectivity index (χ1n) is 7.60. The van der Waals surface area contributed by atoms with Gasteiger partial charge in [-0.25, -0.2) is 4.39 Å². The number of carbonyl (C=O) groups is 1. The van der Waals surface area contributed by atoms with Crippen LogP contribution in [-0.2, 0) is 11.8 Å². The number of anilines is 1. The lowest BCUT2D eigenvalue weighted by molar-refractivity contribution is -0.121. The Balaban J connectivity index is 1.67. The van der Waals surface area contributed by atoms with Gasteiger partial charge in [0.1, 0.15) is 11.3 Å². The first kappa shape index (κ1) is 14.7. The number of fused-ring (bicyclic) bond motifs is 1. The lowest BCUT2D eigenvalue weighted by Gasteiger charge is -2.12. The van der Waals surface area contributed by atoms with Crippen molar-refractivity contribution in [3.8, 4) is 0 Å². The SMILES string of the molecule is Cn1cc([C@H]2CN(c3nc4cc(F)ccc4o3)C[C@@H]2C(N)=O)cn1. The van der Waals surface area contributed by atoms with Gasteiger partial charge in [-0.1, -0.05) is 0 Å². The molecule has 0 bridgehead atoms. The zero-order valence-electron chi connectivity index (χ0n) is 13.0. The molecular formula is C16H16FN5O2. The zero-order valence-corrected chi connectivity index (χ0v) is 13.0. The van der Waals surface area contributed by atoms with E-state index >= 15 is 0 Å². The van der Waals surface area contributed by atoms with Gasteiger partial charge in [0.05, 0.1) is 12.1 Å². The Bertz CT molecular complexity index is 918. The molecule has 1 amide bonds. The molecule has 124 valence electrons. The zero-order chi connectivity index (χ0) is 16.8. The summed E-state index contributed by atoms with van der Waals surface area (Å²) in [5.41, 5.74) is 7.48. The van der Waals surface area contributed by atoms with Crippen molar-refractivity contribution in [2.75, 3.05) is 18.0 Å². The van der Waals surface area contributed by atoms with Gasteiger partial charge in [-0.15, -0.1) is 0 Å². The molecule has 2 N–H and O–H groups in total. The van der Waals surface area contributed by atoms with Crippen molar-refractivity contribution in [2.45, 2.75) is 5.92 Å². The minimum atomic E-state index is -0.368. The van der Waals surface area contributed by atoms with Gasteiger partial charge < -0.3 is 15.1 Å². The molecule has 1 fully saturated rings.